The van der Waals surface area contributed by atoms with Crippen LogP contribution in [0.4, 0.5) is 17.1 Å². The molecule has 1 atom stereocenters. The van der Waals surface area contributed by atoms with E-state index in [1.807, 2.05) is 42.5 Å². The molecule has 3 aromatic rings. The third-order valence-corrected chi connectivity index (χ3v) is 4.98. The smallest absolute Gasteiger partial charge is 0.269 e. The zero-order chi connectivity index (χ0) is 19.0. The second-order valence-corrected chi connectivity index (χ2v) is 7.01. The Morgan fingerprint density at radius 2 is 1.63 bits per heavy atom. The normalized spacial score (nSPS) is 15.8. The minimum atomic E-state index is -0.477. The summed E-state index contributed by atoms with van der Waals surface area (Å²) in [7, 11) is 0. The van der Waals surface area contributed by atoms with E-state index >= 15 is 0 Å². The molecule has 1 amide bonds. The van der Waals surface area contributed by atoms with Gasteiger partial charge < -0.3 is 5.32 Å². The van der Waals surface area contributed by atoms with Gasteiger partial charge in [-0.3, -0.25) is 19.8 Å². The van der Waals surface area contributed by atoms with E-state index in [0.717, 1.165) is 21.4 Å². The fourth-order valence-electron chi connectivity index (χ4n) is 3.13. The molecular weight excluding hydrogens is 410 g/mol. The molecule has 4 rings (SSSR count). The minimum Gasteiger partial charge on any atom is -0.360 e. The molecule has 3 aromatic carbocycles. The van der Waals surface area contributed by atoms with Gasteiger partial charge in [-0.1, -0.05) is 28.1 Å². The van der Waals surface area contributed by atoms with E-state index in [1.54, 1.807) is 23.1 Å². The van der Waals surface area contributed by atoms with Gasteiger partial charge in [-0.2, -0.15) is 0 Å². The van der Waals surface area contributed by atoms with Gasteiger partial charge in [0.1, 0.15) is 6.17 Å². The highest BCUT2D eigenvalue weighted by Crippen LogP contribution is 2.37. The highest BCUT2D eigenvalue weighted by atomic mass is 79.9. The topological polar surface area (TPSA) is 75.5 Å². The van der Waals surface area contributed by atoms with E-state index in [2.05, 4.69) is 21.2 Å². The third-order valence-electron chi connectivity index (χ3n) is 4.45. The van der Waals surface area contributed by atoms with Crippen LogP contribution in [0.15, 0.2) is 77.3 Å². The van der Waals surface area contributed by atoms with Gasteiger partial charge >= 0.3 is 0 Å². The van der Waals surface area contributed by atoms with Crippen LogP contribution in [0.1, 0.15) is 22.1 Å². The lowest BCUT2D eigenvalue weighted by Gasteiger charge is -2.38. The van der Waals surface area contributed by atoms with Crippen molar-refractivity contribution in [3.8, 4) is 0 Å². The first-order chi connectivity index (χ1) is 13.0. The van der Waals surface area contributed by atoms with Crippen LogP contribution in [0.3, 0.4) is 0 Å². The first-order valence-corrected chi connectivity index (χ1v) is 9.03. The average Bonchev–Trinajstić information content (AvgIpc) is 2.69. The molecule has 0 spiro atoms. The number of hydrogen-bond acceptors (Lipinski definition) is 4. The number of para-hydroxylation sites is 1. The zero-order valence-electron chi connectivity index (χ0n) is 14.0. The van der Waals surface area contributed by atoms with Gasteiger partial charge in [-0.25, -0.2) is 0 Å². The van der Waals surface area contributed by atoms with Crippen molar-refractivity contribution in [1.29, 1.82) is 0 Å². The van der Waals surface area contributed by atoms with Crippen molar-refractivity contribution < 1.29 is 9.72 Å². The molecule has 1 aliphatic heterocycles. The molecule has 1 unspecified atom stereocenters. The molecule has 1 N–H and O–H groups in total. The molecule has 6 nitrogen and oxygen atoms in total. The summed E-state index contributed by atoms with van der Waals surface area (Å²) in [5.41, 5.74) is 2.81. The van der Waals surface area contributed by atoms with Crippen LogP contribution in [0.2, 0.25) is 0 Å². The number of benzene rings is 3. The number of non-ortho nitro benzene ring substituents is 1. The lowest BCUT2D eigenvalue weighted by molar-refractivity contribution is -0.384. The Morgan fingerprint density at radius 3 is 2.30 bits per heavy atom. The number of carbonyl (C=O) groups excluding carboxylic acids is 1. The van der Waals surface area contributed by atoms with Crippen molar-refractivity contribution in [2.24, 2.45) is 0 Å². The molecule has 0 bridgehead atoms. The van der Waals surface area contributed by atoms with Crippen molar-refractivity contribution in [2.45, 2.75) is 6.17 Å². The second kappa shape index (κ2) is 6.85. The Bertz CT molecular complexity index is 1020. The standard InChI is InChI=1S/C20H14BrN3O3/c21-14-7-11-15(12-8-14)23-19(13-5-9-16(10-6-13)24(26)27)22-18-4-2-1-3-17(18)20(23)25/h1-12,19,22H. The number of nitro groups is 1. The molecule has 0 fully saturated rings. The number of anilines is 2. The molecule has 0 aromatic heterocycles. The van der Waals surface area contributed by atoms with E-state index in [-0.39, 0.29) is 11.6 Å². The highest BCUT2D eigenvalue weighted by molar-refractivity contribution is 9.10. The van der Waals surface area contributed by atoms with Crippen molar-refractivity contribution in [2.75, 3.05) is 10.2 Å². The van der Waals surface area contributed by atoms with Gasteiger partial charge in [0.05, 0.1) is 10.5 Å². The summed E-state index contributed by atoms with van der Waals surface area (Å²) in [6.07, 6.45) is -0.477. The van der Waals surface area contributed by atoms with Gasteiger partial charge in [0.15, 0.2) is 0 Å². The lowest BCUT2D eigenvalue weighted by Crippen LogP contribution is -2.43. The maximum Gasteiger partial charge on any atom is 0.269 e. The van der Waals surface area contributed by atoms with E-state index < -0.39 is 11.1 Å². The molecule has 27 heavy (non-hydrogen) atoms. The Kier molecular flexibility index (Phi) is 4.37. The number of hydrogen-bond donors (Lipinski definition) is 1. The van der Waals surface area contributed by atoms with Crippen LogP contribution in [0.5, 0.6) is 0 Å². The van der Waals surface area contributed by atoms with Crippen molar-refractivity contribution >= 4 is 38.9 Å². The number of fused-ring (bicyclic) bond motifs is 1. The van der Waals surface area contributed by atoms with Crippen LogP contribution in [-0.4, -0.2) is 10.8 Å². The maximum atomic E-state index is 13.2. The number of rotatable bonds is 3. The van der Waals surface area contributed by atoms with Crippen LogP contribution in [0, 0.1) is 10.1 Å². The van der Waals surface area contributed by atoms with E-state index in [0.29, 0.717) is 5.56 Å². The van der Waals surface area contributed by atoms with Crippen molar-refractivity contribution in [3.05, 3.63) is 98.5 Å². The van der Waals surface area contributed by atoms with E-state index in [1.165, 1.54) is 12.1 Å². The molecule has 0 aliphatic carbocycles. The lowest BCUT2D eigenvalue weighted by atomic mass is 10.0. The molecule has 0 radical (unpaired) electrons. The van der Waals surface area contributed by atoms with Crippen molar-refractivity contribution in [3.63, 3.8) is 0 Å². The predicted octanol–water partition coefficient (Wildman–Crippen LogP) is 5.13. The number of nitro benzene ring substituents is 1. The Hall–Kier alpha value is -3.19. The predicted molar refractivity (Wildman–Crippen MR) is 107 cm³/mol. The summed E-state index contributed by atoms with van der Waals surface area (Å²) in [6.45, 7) is 0. The first kappa shape index (κ1) is 17.2. The summed E-state index contributed by atoms with van der Waals surface area (Å²) in [4.78, 5) is 25.4. The number of nitrogens with one attached hydrogen (secondary N) is 1. The number of carbonyl (C=O) groups is 1. The van der Waals surface area contributed by atoms with Crippen LogP contribution >= 0.6 is 15.9 Å². The zero-order valence-corrected chi connectivity index (χ0v) is 15.6. The molecular formula is C20H14BrN3O3. The monoisotopic (exact) mass is 423 g/mol. The third kappa shape index (κ3) is 3.17. The average molecular weight is 424 g/mol. The van der Waals surface area contributed by atoms with Crippen molar-refractivity contribution in [1.82, 2.24) is 0 Å². The fraction of sp³-hybridized carbons (Fsp3) is 0.0500. The van der Waals surface area contributed by atoms with Gasteiger partial charge in [0.25, 0.3) is 11.6 Å². The second-order valence-electron chi connectivity index (χ2n) is 6.09. The number of nitrogens with zero attached hydrogens (tertiary/aromatic N) is 2. The fourth-order valence-corrected chi connectivity index (χ4v) is 3.40. The van der Waals surface area contributed by atoms with Gasteiger partial charge in [0.2, 0.25) is 0 Å². The highest BCUT2D eigenvalue weighted by Gasteiger charge is 2.34. The summed E-state index contributed by atoms with van der Waals surface area (Å²) < 4.78 is 0.913. The SMILES string of the molecule is O=C1c2ccccc2NC(c2ccc([N+](=O)[O-])cc2)N1c1ccc(Br)cc1. The van der Waals surface area contributed by atoms with Gasteiger partial charge in [0, 0.05) is 28.0 Å². The Morgan fingerprint density at radius 1 is 0.963 bits per heavy atom. The van der Waals surface area contributed by atoms with Crippen LogP contribution < -0.4 is 10.2 Å². The summed E-state index contributed by atoms with van der Waals surface area (Å²) >= 11 is 3.41. The summed E-state index contributed by atoms with van der Waals surface area (Å²) in [6, 6.07) is 21.0. The number of amides is 1. The van der Waals surface area contributed by atoms with E-state index in [9.17, 15) is 14.9 Å². The van der Waals surface area contributed by atoms with Crippen LogP contribution in [0.25, 0.3) is 0 Å². The first-order valence-electron chi connectivity index (χ1n) is 8.23. The van der Waals surface area contributed by atoms with Gasteiger partial charge in [-0.05, 0) is 54.1 Å². The molecule has 134 valence electrons. The summed E-state index contributed by atoms with van der Waals surface area (Å²) in [5, 5.41) is 14.3. The number of halogens is 1. The Labute approximate surface area is 163 Å². The maximum absolute atomic E-state index is 13.2. The van der Waals surface area contributed by atoms with E-state index in [4.69, 9.17) is 0 Å². The molecule has 7 heteroatoms. The summed E-state index contributed by atoms with van der Waals surface area (Å²) in [5.74, 6) is -0.130. The minimum absolute atomic E-state index is 0.0106. The van der Waals surface area contributed by atoms with Crippen LogP contribution in [-0.2, 0) is 0 Å². The molecule has 1 aliphatic rings. The quantitative estimate of drug-likeness (QED) is 0.467. The molecule has 0 saturated heterocycles. The van der Waals surface area contributed by atoms with Gasteiger partial charge in [-0.15, -0.1) is 0 Å². The molecule has 1 heterocycles. The largest absolute Gasteiger partial charge is 0.360 e. The Balaban J connectivity index is 1.82. The molecule has 0 saturated carbocycles.